The zero-order chi connectivity index (χ0) is 14.4. The van der Waals surface area contributed by atoms with Crippen molar-refractivity contribution in [2.24, 2.45) is 5.92 Å². The average molecular weight is 265 g/mol. The van der Waals surface area contributed by atoms with Gasteiger partial charge in [-0.2, -0.15) is 0 Å². The minimum atomic E-state index is -0.509. The number of hydrogen-bond acceptors (Lipinski definition) is 4. The predicted octanol–water partition coefficient (Wildman–Crippen LogP) is 1.62. The lowest BCUT2D eigenvalue weighted by Crippen LogP contribution is -2.36. The van der Waals surface area contributed by atoms with Crippen molar-refractivity contribution >= 4 is 5.91 Å². The monoisotopic (exact) mass is 265 g/mol. The molecule has 5 heteroatoms. The number of amides is 1. The van der Waals surface area contributed by atoms with Crippen molar-refractivity contribution in [2.45, 2.75) is 46.6 Å². The van der Waals surface area contributed by atoms with E-state index in [1.807, 2.05) is 13.8 Å². The van der Waals surface area contributed by atoms with E-state index in [4.69, 9.17) is 0 Å². The molecule has 0 aromatic carbocycles. The molecular formula is C14H23N3O2. The Kier molecular flexibility index (Phi) is 5.89. The maximum Gasteiger partial charge on any atom is 0.254 e. The van der Waals surface area contributed by atoms with E-state index >= 15 is 0 Å². The molecule has 1 atom stereocenters. The number of nitrogens with one attached hydrogen (secondary N) is 1. The first kappa shape index (κ1) is 15.6. The number of aliphatic hydroxyl groups excluding tert-OH is 1. The number of aliphatic hydroxyl groups is 1. The molecule has 19 heavy (non-hydrogen) atoms. The second-order valence-electron chi connectivity index (χ2n) is 4.77. The second-order valence-corrected chi connectivity index (χ2v) is 4.77. The number of carbonyl (C=O) groups is 1. The van der Waals surface area contributed by atoms with Gasteiger partial charge in [-0.15, -0.1) is 0 Å². The van der Waals surface area contributed by atoms with Gasteiger partial charge < -0.3 is 10.4 Å². The summed E-state index contributed by atoms with van der Waals surface area (Å²) in [6.07, 6.45) is 2.82. The molecule has 0 aliphatic rings. The zero-order valence-electron chi connectivity index (χ0n) is 12.1. The van der Waals surface area contributed by atoms with Crippen molar-refractivity contribution in [1.29, 1.82) is 0 Å². The maximum absolute atomic E-state index is 12.0. The third-order valence-corrected chi connectivity index (χ3v) is 3.41. The molecule has 5 nitrogen and oxygen atoms in total. The van der Waals surface area contributed by atoms with Crippen LogP contribution in [0.1, 0.15) is 48.6 Å². The Bertz CT molecular complexity index is 431. The lowest BCUT2D eigenvalue weighted by atomic mass is 9.96. The fraction of sp³-hybridized carbons (Fsp3) is 0.643. The van der Waals surface area contributed by atoms with Crippen LogP contribution in [-0.4, -0.2) is 33.6 Å². The summed E-state index contributed by atoms with van der Waals surface area (Å²) in [4.78, 5) is 20.2. The number of hydrogen-bond donors (Lipinski definition) is 2. The highest BCUT2D eigenvalue weighted by molar-refractivity contribution is 5.94. The number of rotatable bonds is 6. The van der Waals surface area contributed by atoms with E-state index < -0.39 is 6.10 Å². The van der Waals surface area contributed by atoms with Gasteiger partial charge in [0.1, 0.15) is 5.82 Å². The van der Waals surface area contributed by atoms with Crippen molar-refractivity contribution < 1.29 is 9.90 Å². The Labute approximate surface area is 114 Å². The largest absolute Gasteiger partial charge is 0.391 e. The van der Waals surface area contributed by atoms with E-state index in [0.717, 1.165) is 12.8 Å². The highest BCUT2D eigenvalue weighted by atomic mass is 16.3. The van der Waals surface area contributed by atoms with Crippen LogP contribution in [0.5, 0.6) is 0 Å². The summed E-state index contributed by atoms with van der Waals surface area (Å²) in [7, 11) is 0. The summed E-state index contributed by atoms with van der Waals surface area (Å²) < 4.78 is 0. The molecule has 0 aliphatic heterocycles. The van der Waals surface area contributed by atoms with Gasteiger partial charge in [0, 0.05) is 12.7 Å². The molecule has 106 valence electrons. The Balaban J connectivity index is 2.60. The quantitative estimate of drug-likeness (QED) is 0.819. The second kappa shape index (κ2) is 7.19. The third kappa shape index (κ3) is 4.28. The van der Waals surface area contributed by atoms with Gasteiger partial charge in [-0.1, -0.05) is 26.7 Å². The average Bonchev–Trinajstić information content (AvgIpc) is 2.37. The van der Waals surface area contributed by atoms with Gasteiger partial charge in [0.15, 0.2) is 0 Å². The standard InChI is InChI=1S/C14H23N3O2/c1-5-11(6-2)13(18)8-16-14(19)12-7-15-10(4)17-9(12)3/h7,11,13,18H,5-6,8H2,1-4H3,(H,16,19). The summed E-state index contributed by atoms with van der Waals surface area (Å²) in [6.45, 7) is 7.90. The molecule has 0 bridgehead atoms. The highest BCUT2D eigenvalue weighted by Crippen LogP contribution is 2.12. The maximum atomic E-state index is 12.0. The Hall–Kier alpha value is -1.49. The zero-order valence-corrected chi connectivity index (χ0v) is 12.1. The number of carbonyl (C=O) groups excluding carboxylic acids is 1. The number of nitrogens with zero attached hydrogens (tertiary/aromatic N) is 2. The summed E-state index contributed by atoms with van der Waals surface area (Å²) in [6, 6.07) is 0. The van der Waals surface area contributed by atoms with Gasteiger partial charge in [-0.3, -0.25) is 4.79 Å². The molecule has 0 saturated carbocycles. The van der Waals surface area contributed by atoms with Crippen LogP contribution in [0.2, 0.25) is 0 Å². The van der Waals surface area contributed by atoms with Gasteiger partial charge in [-0.25, -0.2) is 9.97 Å². The molecule has 0 spiro atoms. The molecular weight excluding hydrogens is 242 g/mol. The van der Waals surface area contributed by atoms with Crippen molar-refractivity contribution in [2.75, 3.05) is 6.54 Å². The number of aromatic nitrogens is 2. The van der Waals surface area contributed by atoms with E-state index in [2.05, 4.69) is 15.3 Å². The van der Waals surface area contributed by atoms with E-state index in [9.17, 15) is 9.90 Å². The number of aryl methyl sites for hydroxylation is 2. The molecule has 1 aromatic heterocycles. The van der Waals surface area contributed by atoms with Gasteiger partial charge in [0.2, 0.25) is 0 Å². The molecule has 0 fully saturated rings. The summed E-state index contributed by atoms with van der Waals surface area (Å²) in [5, 5.41) is 12.7. The van der Waals surface area contributed by atoms with Crippen molar-refractivity contribution in [3.63, 3.8) is 0 Å². The summed E-state index contributed by atoms with van der Waals surface area (Å²) in [5.74, 6) is 0.629. The van der Waals surface area contributed by atoms with Crippen LogP contribution < -0.4 is 5.32 Å². The smallest absolute Gasteiger partial charge is 0.254 e. The minimum Gasteiger partial charge on any atom is -0.391 e. The molecule has 1 amide bonds. The van der Waals surface area contributed by atoms with Crippen LogP contribution in [-0.2, 0) is 0 Å². The predicted molar refractivity (Wildman–Crippen MR) is 73.9 cm³/mol. The van der Waals surface area contributed by atoms with E-state index in [0.29, 0.717) is 17.1 Å². The molecule has 0 saturated heterocycles. The minimum absolute atomic E-state index is 0.218. The van der Waals surface area contributed by atoms with Crippen molar-refractivity contribution in [1.82, 2.24) is 15.3 Å². The van der Waals surface area contributed by atoms with E-state index in [1.54, 1.807) is 13.8 Å². The first-order valence-electron chi connectivity index (χ1n) is 6.76. The molecule has 1 aromatic rings. The van der Waals surface area contributed by atoms with E-state index in [1.165, 1.54) is 6.20 Å². The topological polar surface area (TPSA) is 75.1 Å². The summed E-state index contributed by atoms with van der Waals surface area (Å²) >= 11 is 0. The van der Waals surface area contributed by atoms with Crippen LogP contribution >= 0.6 is 0 Å². The van der Waals surface area contributed by atoms with Gasteiger partial charge in [-0.05, 0) is 19.8 Å². The Morgan fingerprint density at radius 3 is 2.53 bits per heavy atom. The van der Waals surface area contributed by atoms with E-state index in [-0.39, 0.29) is 18.4 Å². The van der Waals surface area contributed by atoms with Crippen LogP contribution in [0.25, 0.3) is 0 Å². The van der Waals surface area contributed by atoms with Crippen molar-refractivity contribution in [3.05, 3.63) is 23.3 Å². The molecule has 0 radical (unpaired) electrons. The third-order valence-electron chi connectivity index (χ3n) is 3.41. The first-order valence-corrected chi connectivity index (χ1v) is 6.76. The highest BCUT2D eigenvalue weighted by Gasteiger charge is 2.17. The first-order chi connectivity index (χ1) is 8.99. The Morgan fingerprint density at radius 2 is 2.00 bits per heavy atom. The molecule has 1 heterocycles. The fourth-order valence-electron chi connectivity index (χ4n) is 2.10. The van der Waals surface area contributed by atoms with Gasteiger partial charge in [0.25, 0.3) is 5.91 Å². The Morgan fingerprint density at radius 1 is 1.37 bits per heavy atom. The van der Waals surface area contributed by atoms with Gasteiger partial charge in [0.05, 0.1) is 17.4 Å². The van der Waals surface area contributed by atoms with Gasteiger partial charge >= 0.3 is 0 Å². The van der Waals surface area contributed by atoms with Crippen LogP contribution in [0.15, 0.2) is 6.20 Å². The normalized spacial score (nSPS) is 12.5. The summed E-state index contributed by atoms with van der Waals surface area (Å²) in [5.41, 5.74) is 1.12. The molecule has 0 aliphatic carbocycles. The van der Waals surface area contributed by atoms with Crippen LogP contribution in [0, 0.1) is 19.8 Å². The fourth-order valence-corrected chi connectivity index (χ4v) is 2.10. The SMILES string of the molecule is CCC(CC)C(O)CNC(=O)c1cnc(C)nc1C. The van der Waals surface area contributed by atoms with Crippen LogP contribution in [0.3, 0.4) is 0 Å². The van der Waals surface area contributed by atoms with Crippen molar-refractivity contribution in [3.8, 4) is 0 Å². The lowest BCUT2D eigenvalue weighted by molar-refractivity contribution is 0.0815. The molecule has 1 unspecified atom stereocenters. The van der Waals surface area contributed by atoms with Crippen LogP contribution in [0.4, 0.5) is 0 Å². The lowest BCUT2D eigenvalue weighted by Gasteiger charge is -2.20. The molecule has 2 N–H and O–H groups in total. The molecule has 1 rings (SSSR count).